The van der Waals surface area contributed by atoms with Crippen molar-refractivity contribution in [3.05, 3.63) is 59.7 Å². The standard InChI is InChI=1S/C14H12F10OS2/c15-26(16,17,18,19)12-6-10(7-13(9-12)27(20,21,22,23)24)8-14(25)11-4-2-1-3-5-11/h1-7,9,14,25H,8H2/t14-/m0/s1. The molecule has 0 aromatic heterocycles. The minimum Gasteiger partial charge on any atom is -0.388 e. The maximum atomic E-state index is 12.9. The van der Waals surface area contributed by atoms with Crippen LogP contribution in [0.5, 0.6) is 0 Å². The monoisotopic (exact) mass is 450 g/mol. The maximum Gasteiger partial charge on any atom is 0.310 e. The highest BCUT2D eigenvalue weighted by Gasteiger charge is 2.69. The highest BCUT2D eigenvalue weighted by molar-refractivity contribution is 8.46. The Labute approximate surface area is 147 Å². The van der Waals surface area contributed by atoms with E-state index in [9.17, 15) is 44.0 Å². The van der Waals surface area contributed by atoms with Crippen LogP contribution in [-0.2, 0) is 6.42 Å². The summed E-state index contributed by atoms with van der Waals surface area (Å²) >= 11 is 0. The second-order valence-electron chi connectivity index (χ2n) is 5.88. The molecule has 0 saturated carbocycles. The van der Waals surface area contributed by atoms with Gasteiger partial charge in [0.25, 0.3) is 0 Å². The topological polar surface area (TPSA) is 20.2 Å². The van der Waals surface area contributed by atoms with Crippen LogP contribution in [0.15, 0.2) is 58.3 Å². The molecule has 156 valence electrons. The van der Waals surface area contributed by atoms with Crippen molar-refractivity contribution in [2.24, 2.45) is 0 Å². The minimum atomic E-state index is -10.7. The second-order valence-corrected chi connectivity index (χ2v) is 10.7. The third kappa shape index (κ3) is 5.69. The Bertz CT molecular complexity index is 826. The predicted molar refractivity (Wildman–Crippen MR) is 84.3 cm³/mol. The molecule has 0 unspecified atom stereocenters. The first-order valence-corrected chi connectivity index (χ1v) is 10.8. The Hall–Kier alpha value is -1.60. The normalized spacial score (nSPS) is 19.4. The first-order chi connectivity index (χ1) is 11.5. The summed E-state index contributed by atoms with van der Waals surface area (Å²) in [6.45, 7) is 0. The Balaban J connectivity index is 2.66. The van der Waals surface area contributed by atoms with E-state index in [0.717, 1.165) is 0 Å². The molecule has 0 aliphatic carbocycles. The molecule has 0 heterocycles. The number of aliphatic hydroxyl groups excluding tert-OH is 1. The number of hydrogen-bond donors (Lipinski definition) is 1. The van der Waals surface area contributed by atoms with Crippen molar-refractivity contribution in [3.8, 4) is 0 Å². The summed E-state index contributed by atoms with van der Waals surface area (Å²) in [5, 5.41) is 9.90. The van der Waals surface area contributed by atoms with Gasteiger partial charge in [-0.15, -0.1) is 0 Å². The number of benzene rings is 2. The summed E-state index contributed by atoms with van der Waals surface area (Å²) in [5.41, 5.74) is -1.12. The molecule has 2 aromatic rings. The van der Waals surface area contributed by atoms with Crippen molar-refractivity contribution in [2.75, 3.05) is 0 Å². The van der Waals surface area contributed by atoms with Crippen LogP contribution in [-0.4, -0.2) is 5.11 Å². The van der Waals surface area contributed by atoms with Crippen LogP contribution < -0.4 is 0 Å². The van der Waals surface area contributed by atoms with Gasteiger partial charge in [-0.1, -0.05) is 69.2 Å². The van der Waals surface area contributed by atoms with E-state index >= 15 is 0 Å². The summed E-state index contributed by atoms with van der Waals surface area (Å²) in [7, 11) is -21.4. The largest absolute Gasteiger partial charge is 0.388 e. The van der Waals surface area contributed by atoms with Crippen LogP contribution in [0.1, 0.15) is 17.2 Å². The lowest BCUT2D eigenvalue weighted by atomic mass is 10.0. The number of halogens is 10. The molecule has 27 heavy (non-hydrogen) atoms. The molecule has 0 saturated heterocycles. The summed E-state index contributed by atoms with van der Waals surface area (Å²) in [5.74, 6) is 0. The van der Waals surface area contributed by atoms with Crippen molar-refractivity contribution in [1.29, 1.82) is 0 Å². The van der Waals surface area contributed by atoms with Gasteiger partial charge in [-0.3, -0.25) is 0 Å². The lowest BCUT2D eigenvalue weighted by Crippen LogP contribution is -2.13. The minimum absolute atomic E-state index is 0.0455. The Kier molecular flexibility index (Phi) is 3.91. The fourth-order valence-corrected chi connectivity index (χ4v) is 3.73. The molecule has 0 bridgehead atoms. The quantitative estimate of drug-likeness (QED) is 0.455. The maximum absolute atomic E-state index is 12.9. The van der Waals surface area contributed by atoms with Gasteiger partial charge in [0.1, 0.15) is 9.79 Å². The van der Waals surface area contributed by atoms with E-state index in [0.29, 0.717) is 0 Å². The molecule has 13 heteroatoms. The van der Waals surface area contributed by atoms with Crippen LogP contribution in [0.3, 0.4) is 0 Å². The van der Waals surface area contributed by atoms with Gasteiger partial charge in [0.05, 0.1) is 6.10 Å². The molecule has 1 nitrogen and oxygen atoms in total. The highest BCUT2D eigenvalue weighted by Crippen LogP contribution is 3.05. The highest BCUT2D eigenvalue weighted by atomic mass is 32.5. The van der Waals surface area contributed by atoms with Gasteiger partial charge in [-0.2, -0.15) is 0 Å². The number of aliphatic hydroxyl groups is 1. The zero-order chi connectivity index (χ0) is 21.1. The van der Waals surface area contributed by atoms with Gasteiger partial charge in [-0.05, 0) is 29.3 Å². The molecule has 0 spiro atoms. The average molecular weight is 450 g/mol. The van der Waals surface area contributed by atoms with Gasteiger partial charge in [0, 0.05) is 6.42 Å². The van der Waals surface area contributed by atoms with Gasteiger partial charge in [-0.25, -0.2) is 0 Å². The van der Waals surface area contributed by atoms with Crippen molar-refractivity contribution in [1.82, 2.24) is 0 Å². The van der Waals surface area contributed by atoms with E-state index in [4.69, 9.17) is 0 Å². The number of rotatable bonds is 5. The molecule has 0 fully saturated rings. The van der Waals surface area contributed by atoms with Crippen LogP contribution >= 0.6 is 20.4 Å². The third-order valence-electron chi connectivity index (χ3n) is 3.44. The van der Waals surface area contributed by atoms with Crippen LogP contribution in [0.4, 0.5) is 38.9 Å². The fraction of sp³-hybridized carbons (Fsp3) is 0.143. The molecule has 2 aromatic carbocycles. The predicted octanol–water partition coefficient (Wildman–Crippen LogP) is 8.28. The average Bonchev–Trinajstić information content (AvgIpc) is 2.43. The molecule has 0 aliphatic heterocycles. The Morgan fingerprint density at radius 3 is 1.44 bits per heavy atom. The second kappa shape index (κ2) is 4.87. The molecular weight excluding hydrogens is 438 g/mol. The van der Waals surface area contributed by atoms with Crippen LogP contribution in [0.2, 0.25) is 0 Å². The van der Waals surface area contributed by atoms with Gasteiger partial charge < -0.3 is 5.11 Å². The summed E-state index contributed by atoms with van der Waals surface area (Å²) < 4.78 is 129. The Morgan fingerprint density at radius 2 is 1.07 bits per heavy atom. The van der Waals surface area contributed by atoms with Gasteiger partial charge in [0.2, 0.25) is 0 Å². The third-order valence-corrected chi connectivity index (χ3v) is 5.70. The van der Waals surface area contributed by atoms with Crippen molar-refractivity contribution < 1.29 is 44.0 Å². The van der Waals surface area contributed by atoms with E-state index in [1.54, 1.807) is 0 Å². The number of hydrogen-bond acceptors (Lipinski definition) is 1. The van der Waals surface area contributed by atoms with Gasteiger partial charge in [0.15, 0.2) is 0 Å². The van der Waals surface area contributed by atoms with Crippen LogP contribution in [0, 0.1) is 0 Å². The molecule has 1 atom stereocenters. The van der Waals surface area contributed by atoms with Crippen molar-refractivity contribution >= 4 is 20.4 Å². The molecule has 1 N–H and O–H groups in total. The van der Waals surface area contributed by atoms with Crippen molar-refractivity contribution in [2.45, 2.75) is 22.3 Å². The zero-order valence-corrected chi connectivity index (χ0v) is 14.6. The molecule has 0 radical (unpaired) electrons. The van der Waals surface area contributed by atoms with Gasteiger partial charge >= 0.3 is 20.4 Å². The summed E-state index contributed by atoms with van der Waals surface area (Å²) in [6.07, 6.45) is -2.72. The Morgan fingerprint density at radius 1 is 0.667 bits per heavy atom. The molecule has 0 amide bonds. The fourth-order valence-electron chi connectivity index (χ4n) is 2.21. The first-order valence-electron chi connectivity index (χ1n) is 6.90. The lowest BCUT2D eigenvalue weighted by molar-refractivity contribution is 0.178. The molecule has 2 rings (SSSR count). The summed E-state index contributed by atoms with van der Waals surface area (Å²) in [6, 6.07) is 4.81. The van der Waals surface area contributed by atoms with E-state index in [2.05, 4.69) is 0 Å². The zero-order valence-electron chi connectivity index (χ0n) is 12.9. The summed E-state index contributed by atoms with van der Waals surface area (Å²) in [4.78, 5) is -6.20. The lowest BCUT2D eigenvalue weighted by Gasteiger charge is -2.44. The van der Waals surface area contributed by atoms with E-state index < -0.39 is 54.4 Å². The van der Waals surface area contributed by atoms with Crippen LogP contribution in [0.25, 0.3) is 0 Å². The first kappa shape index (κ1) is 21.7. The smallest absolute Gasteiger partial charge is 0.310 e. The van der Waals surface area contributed by atoms with Crippen molar-refractivity contribution in [3.63, 3.8) is 0 Å². The van der Waals surface area contributed by atoms with E-state index in [-0.39, 0.29) is 17.7 Å². The molecule has 0 aliphatic rings. The molecular formula is C14H12F10OS2. The SMILES string of the molecule is O[C@@H](Cc1cc(S(F)(F)(F)(F)F)cc(S(F)(F)(F)(F)F)c1)c1ccccc1. The van der Waals surface area contributed by atoms with E-state index in [1.165, 1.54) is 30.3 Å². The van der Waals surface area contributed by atoms with E-state index in [1.807, 2.05) is 0 Å².